The van der Waals surface area contributed by atoms with E-state index in [-0.39, 0.29) is 0 Å². The van der Waals surface area contributed by atoms with Crippen LogP contribution in [0.4, 0.5) is 0 Å². The number of allylic oxidation sites excluding steroid dienone is 8. The van der Waals surface area contributed by atoms with Crippen LogP contribution in [-0.2, 0) is 23.2 Å². The van der Waals surface area contributed by atoms with E-state index < -0.39 is 23.2 Å². The summed E-state index contributed by atoms with van der Waals surface area (Å²) in [5, 5.41) is 0. The molecule has 0 bridgehead atoms. The first kappa shape index (κ1) is 22.9. The molecule has 0 heterocycles. The molecule has 0 aromatic rings. The van der Waals surface area contributed by atoms with Crippen LogP contribution in [0.15, 0.2) is 41.0 Å². The van der Waals surface area contributed by atoms with Crippen molar-refractivity contribution in [3.8, 4) is 0 Å². The fourth-order valence-electron chi connectivity index (χ4n) is 3.27. The number of unbranched alkanes of at least 4 members (excludes halogenated alkanes) is 1. The van der Waals surface area contributed by atoms with E-state index in [9.17, 15) is 0 Å². The second-order valence-electron chi connectivity index (χ2n) is 8.40. The van der Waals surface area contributed by atoms with Gasteiger partial charge in [0.1, 0.15) is 0 Å². The Kier molecular flexibility index (Phi) is 10.6. The first-order valence-corrected chi connectivity index (χ1v) is 12.8. The Labute approximate surface area is 169 Å². The van der Waals surface area contributed by atoms with E-state index in [0.29, 0.717) is 0 Å². The van der Waals surface area contributed by atoms with Crippen molar-refractivity contribution in [2.45, 2.75) is 93.9 Å². The molecule has 0 saturated heterocycles. The van der Waals surface area contributed by atoms with E-state index in [2.05, 4.69) is 67.5 Å². The molecule has 0 amide bonds. The summed E-state index contributed by atoms with van der Waals surface area (Å²) in [4.78, 5) is 0. The van der Waals surface area contributed by atoms with Crippen molar-refractivity contribution in [1.82, 2.24) is 0 Å². The van der Waals surface area contributed by atoms with E-state index >= 15 is 0 Å². The molecule has 0 nitrogen and oxygen atoms in total. The summed E-state index contributed by atoms with van der Waals surface area (Å²) < 4.78 is 3.67. The smallest absolute Gasteiger partial charge is 0.0564 e. The van der Waals surface area contributed by atoms with Crippen LogP contribution in [0.25, 0.3) is 0 Å². The number of rotatable bonds is 7. The molecule has 2 rings (SSSR count). The van der Waals surface area contributed by atoms with Crippen LogP contribution in [0.5, 0.6) is 0 Å². The standard InChI is InChI=1S/2C10H15.C4H10.Zr/c2*1-8(2)7-10-6-4-5-9(10)3;1-3-4-2;/h2*6,8H,4,7H2,1-3H3;3-4H2,1-2H3;. The number of hydrogen-bond donors (Lipinski definition) is 0. The second kappa shape index (κ2) is 11.5. The van der Waals surface area contributed by atoms with Gasteiger partial charge in [-0.15, -0.1) is 0 Å². The van der Waals surface area contributed by atoms with Crippen LogP contribution in [0, 0.1) is 11.8 Å². The van der Waals surface area contributed by atoms with Crippen LogP contribution >= 0.6 is 0 Å². The molecule has 2 aliphatic carbocycles. The van der Waals surface area contributed by atoms with Crippen molar-refractivity contribution in [2.24, 2.45) is 11.8 Å². The molecular weight excluding hydrogens is 379 g/mol. The van der Waals surface area contributed by atoms with Gasteiger partial charge in [0.15, 0.2) is 0 Å². The third-order valence-corrected chi connectivity index (χ3v) is 9.36. The van der Waals surface area contributed by atoms with Gasteiger partial charge in [0.25, 0.3) is 0 Å². The summed E-state index contributed by atoms with van der Waals surface area (Å²) in [5.41, 5.74) is 6.61. The molecule has 0 aromatic heterocycles. The summed E-state index contributed by atoms with van der Waals surface area (Å²) in [6.07, 6.45) is 12.7. The van der Waals surface area contributed by atoms with E-state index in [1.807, 2.05) is 6.56 Å². The van der Waals surface area contributed by atoms with Gasteiger partial charge in [0.05, 0.1) is 0 Å². The van der Waals surface area contributed by atoms with E-state index in [1.54, 1.807) is 22.3 Å². The summed E-state index contributed by atoms with van der Waals surface area (Å²) in [5.74, 6) is 1.56. The molecule has 0 N–H and O–H groups in total. The maximum absolute atomic E-state index is 2.51. The molecule has 0 fully saturated rings. The Balaban J connectivity index is 0.000000705. The molecule has 0 saturated carbocycles. The zero-order valence-electron chi connectivity index (χ0n) is 18.1. The average molecular weight is 420 g/mol. The minimum absolute atomic E-state index is 0.523. The van der Waals surface area contributed by atoms with Crippen LogP contribution in [-0.4, -0.2) is 0 Å². The molecule has 0 spiro atoms. The van der Waals surface area contributed by atoms with Crippen molar-refractivity contribution in [2.75, 3.05) is 0 Å². The largest absolute Gasteiger partial charge is 0.0654 e. The molecular formula is C24H40Zr. The Morgan fingerprint density at radius 3 is 1.40 bits per heavy atom. The van der Waals surface area contributed by atoms with E-state index in [1.165, 1.54) is 38.5 Å². The third-order valence-electron chi connectivity index (χ3n) is 5.03. The third kappa shape index (κ3) is 7.54. The van der Waals surface area contributed by atoms with Crippen molar-refractivity contribution in [1.29, 1.82) is 0 Å². The maximum atomic E-state index is 2.51. The minimum atomic E-state index is -0.523. The molecule has 0 radical (unpaired) electrons. The van der Waals surface area contributed by atoms with Gasteiger partial charge in [-0.25, -0.2) is 0 Å². The van der Waals surface area contributed by atoms with Crippen LogP contribution in [0.1, 0.15) is 93.9 Å². The molecule has 25 heavy (non-hydrogen) atoms. The Morgan fingerprint density at radius 1 is 0.760 bits per heavy atom. The van der Waals surface area contributed by atoms with Crippen molar-refractivity contribution in [3.63, 3.8) is 0 Å². The molecule has 0 unspecified atom stereocenters. The molecule has 140 valence electrons. The minimum Gasteiger partial charge on any atom is -0.0654 e. The predicted octanol–water partition coefficient (Wildman–Crippen LogP) is 8.18. The van der Waals surface area contributed by atoms with Crippen LogP contribution < -0.4 is 0 Å². The molecule has 0 aliphatic heterocycles. The van der Waals surface area contributed by atoms with Gasteiger partial charge in [-0.1, -0.05) is 26.7 Å². The summed E-state index contributed by atoms with van der Waals surface area (Å²) in [6, 6.07) is 0. The SMILES string of the molecule is CC1=[C]([Zr][C]2=C(C)C(CC(C)C)=CC2)CC=C1CC(C)C.CCCC. The van der Waals surface area contributed by atoms with Gasteiger partial charge in [-0.3, -0.25) is 0 Å². The second-order valence-corrected chi connectivity index (χ2v) is 12.0. The molecule has 0 atom stereocenters. The van der Waals surface area contributed by atoms with Gasteiger partial charge in [0, 0.05) is 0 Å². The maximum Gasteiger partial charge on any atom is -0.0564 e. The Bertz CT molecular complexity index is 503. The monoisotopic (exact) mass is 418 g/mol. The first-order chi connectivity index (χ1) is 11.8. The van der Waals surface area contributed by atoms with Crippen molar-refractivity contribution < 1.29 is 23.2 Å². The Morgan fingerprint density at radius 2 is 1.12 bits per heavy atom. The average Bonchev–Trinajstić information content (AvgIpc) is 3.05. The quantitative estimate of drug-likeness (QED) is 0.390. The normalized spacial score (nSPS) is 17.2. The predicted molar refractivity (Wildman–Crippen MR) is 110 cm³/mol. The van der Waals surface area contributed by atoms with Gasteiger partial charge in [-0.05, 0) is 0 Å². The molecule has 0 aromatic carbocycles. The van der Waals surface area contributed by atoms with Crippen molar-refractivity contribution >= 4 is 0 Å². The van der Waals surface area contributed by atoms with Gasteiger partial charge in [0.2, 0.25) is 0 Å². The fourth-order valence-corrected chi connectivity index (χ4v) is 6.88. The van der Waals surface area contributed by atoms with E-state index in [4.69, 9.17) is 0 Å². The summed E-state index contributed by atoms with van der Waals surface area (Å²) >= 11 is -0.523. The Hall–Kier alpha value is -0.157. The van der Waals surface area contributed by atoms with Crippen molar-refractivity contribution in [3.05, 3.63) is 41.0 Å². The summed E-state index contributed by atoms with van der Waals surface area (Å²) in [7, 11) is 0. The topological polar surface area (TPSA) is 0 Å². The van der Waals surface area contributed by atoms with Crippen LogP contribution in [0.2, 0.25) is 0 Å². The van der Waals surface area contributed by atoms with Gasteiger partial charge < -0.3 is 0 Å². The zero-order valence-corrected chi connectivity index (χ0v) is 20.5. The van der Waals surface area contributed by atoms with Gasteiger partial charge >= 0.3 is 143 Å². The molecule has 1 heteroatoms. The first-order valence-electron chi connectivity index (χ1n) is 10.3. The summed E-state index contributed by atoms with van der Waals surface area (Å²) in [6.45, 7) is 18.4. The number of hydrogen-bond acceptors (Lipinski definition) is 0. The van der Waals surface area contributed by atoms with Gasteiger partial charge in [-0.2, -0.15) is 0 Å². The van der Waals surface area contributed by atoms with E-state index in [0.717, 1.165) is 11.8 Å². The fraction of sp³-hybridized carbons (Fsp3) is 0.667. The zero-order chi connectivity index (χ0) is 19.0. The molecule has 2 aliphatic rings. The van der Waals surface area contributed by atoms with Crippen LogP contribution in [0.3, 0.4) is 0 Å².